The SMILES string of the molecule is CC(F)(F)CCC(C)(C)CC(=O)OCc1ccccc1. The molecule has 0 aromatic heterocycles. The van der Waals surface area contributed by atoms with E-state index in [9.17, 15) is 13.6 Å². The number of benzene rings is 1. The van der Waals surface area contributed by atoms with Crippen molar-refractivity contribution in [1.29, 1.82) is 0 Å². The molecule has 4 heteroatoms. The third-order valence-electron chi connectivity index (χ3n) is 3.11. The molecule has 1 aromatic carbocycles. The molecule has 0 N–H and O–H groups in total. The highest BCUT2D eigenvalue weighted by molar-refractivity contribution is 5.70. The normalized spacial score (nSPS) is 12.2. The van der Waals surface area contributed by atoms with Crippen LogP contribution in [0.3, 0.4) is 0 Å². The number of ether oxygens (including phenoxy) is 1. The standard InChI is InChI=1S/C16H22F2O2/c1-15(2,9-10-16(3,17)18)11-14(19)20-12-13-7-5-4-6-8-13/h4-8H,9-12H2,1-3H3. The molecule has 1 rings (SSSR count). The summed E-state index contributed by atoms with van der Waals surface area (Å²) in [4.78, 5) is 11.7. The maximum absolute atomic E-state index is 12.8. The first-order valence-corrected chi connectivity index (χ1v) is 6.75. The zero-order valence-corrected chi connectivity index (χ0v) is 12.3. The van der Waals surface area contributed by atoms with Gasteiger partial charge in [-0.25, -0.2) is 8.78 Å². The Balaban J connectivity index is 2.37. The Morgan fingerprint density at radius 1 is 1.10 bits per heavy atom. The van der Waals surface area contributed by atoms with Gasteiger partial charge in [0.15, 0.2) is 0 Å². The Hall–Kier alpha value is -1.45. The summed E-state index contributed by atoms with van der Waals surface area (Å²) in [6, 6.07) is 9.37. The number of esters is 1. The Morgan fingerprint density at radius 3 is 2.25 bits per heavy atom. The first-order valence-electron chi connectivity index (χ1n) is 6.75. The van der Waals surface area contributed by atoms with E-state index in [0.717, 1.165) is 12.5 Å². The van der Waals surface area contributed by atoms with E-state index in [-0.39, 0.29) is 31.8 Å². The monoisotopic (exact) mass is 284 g/mol. The summed E-state index contributed by atoms with van der Waals surface area (Å²) in [5, 5.41) is 0. The highest BCUT2D eigenvalue weighted by atomic mass is 19.3. The molecule has 0 atom stereocenters. The molecule has 0 aliphatic heterocycles. The molecule has 0 saturated heterocycles. The second-order valence-electron chi connectivity index (χ2n) is 6.06. The molecule has 0 amide bonds. The Kier molecular flexibility index (Phi) is 5.66. The fourth-order valence-corrected chi connectivity index (χ4v) is 1.83. The maximum atomic E-state index is 12.8. The molecule has 0 aliphatic carbocycles. The van der Waals surface area contributed by atoms with E-state index < -0.39 is 11.3 Å². The van der Waals surface area contributed by atoms with Gasteiger partial charge in [-0.3, -0.25) is 4.79 Å². The van der Waals surface area contributed by atoms with Crippen molar-refractivity contribution >= 4 is 5.97 Å². The molecule has 0 radical (unpaired) electrons. The number of rotatable bonds is 7. The Bertz CT molecular complexity index is 422. The van der Waals surface area contributed by atoms with Gasteiger partial charge in [0, 0.05) is 6.42 Å². The van der Waals surface area contributed by atoms with Crippen molar-refractivity contribution in [2.24, 2.45) is 5.41 Å². The van der Waals surface area contributed by atoms with Crippen LogP contribution in [0, 0.1) is 5.41 Å². The number of carbonyl (C=O) groups excluding carboxylic acids is 1. The van der Waals surface area contributed by atoms with Crippen molar-refractivity contribution < 1.29 is 18.3 Å². The van der Waals surface area contributed by atoms with Crippen LogP contribution in [0.15, 0.2) is 30.3 Å². The van der Waals surface area contributed by atoms with Gasteiger partial charge >= 0.3 is 5.97 Å². The number of halogens is 2. The van der Waals surface area contributed by atoms with E-state index in [4.69, 9.17) is 4.74 Å². The molecular formula is C16H22F2O2. The Labute approximate surface area is 119 Å². The van der Waals surface area contributed by atoms with Crippen molar-refractivity contribution in [3.05, 3.63) is 35.9 Å². The molecule has 20 heavy (non-hydrogen) atoms. The highest BCUT2D eigenvalue weighted by Gasteiger charge is 2.29. The van der Waals surface area contributed by atoms with Crippen molar-refractivity contribution in [2.45, 2.75) is 52.6 Å². The summed E-state index contributed by atoms with van der Waals surface area (Å²) in [6.07, 6.45) is 0.221. The summed E-state index contributed by atoms with van der Waals surface area (Å²) in [5.74, 6) is -3.04. The van der Waals surface area contributed by atoms with Gasteiger partial charge in [0.1, 0.15) is 6.61 Å². The molecule has 2 nitrogen and oxygen atoms in total. The number of hydrogen-bond acceptors (Lipinski definition) is 2. The minimum Gasteiger partial charge on any atom is -0.461 e. The van der Waals surface area contributed by atoms with Crippen LogP contribution in [-0.2, 0) is 16.1 Å². The molecule has 0 saturated carbocycles. The van der Waals surface area contributed by atoms with E-state index in [1.54, 1.807) is 0 Å². The lowest BCUT2D eigenvalue weighted by molar-refractivity contribution is -0.147. The van der Waals surface area contributed by atoms with E-state index in [2.05, 4.69) is 0 Å². The minimum absolute atomic E-state index is 0.149. The molecule has 0 fully saturated rings. The van der Waals surface area contributed by atoms with E-state index in [0.29, 0.717) is 0 Å². The van der Waals surface area contributed by atoms with Crippen LogP contribution >= 0.6 is 0 Å². The van der Waals surface area contributed by atoms with Crippen LogP contribution in [0.1, 0.15) is 45.6 Å². The van der Waals surface area contributed by atoms with Gasteiger partial charge in [-0.05, 0) is 24.3 Å². The van der Waals surface area contributed by atoms with Crippen LogP contribution < -0.4 is 0 Å². The lowest BCUT2D eigenvalue weighted by Gasteiger charge is -2.25. The van der Waals surface area contributed by atoms with Crippen LogP contribution in [0.2, 0.25) is 0 Å². The predicted molar refractivity (Wildman–Crippen MR) is 74.5 cm³/mol. The largest absolute Gasteiger partial charge is 0.461 e. The smallest absolute Gasteiger partial charge is 0.306 e. The van der Waals surface area contributed by atoms with Gasteiger partial charge in [0.25, 0.3) is 0 Å². The maximum Gasteiger partial charge on any atom is 0.306 e. The molecular weight excluding hydrogens is 262 g/mol. The number of hydrogen-bond donors (Lipinski definition) is 0. The van der Waals surface area contributed by atoms with Crippen LogP contribution in [0.25, 0.3) is 0 Å². The summed E-state index contributed by atoms with van der Waals surface area (Å²) in [6.45, 7) is 4.74. The van der Waals surface area contributed by atoms with Crippen LogP contribution in [-0.4, -0.2) is 11.9 Å². The van der Waals surface area contributed by atoms with Crippen molar-refractivity contribution in [1.82, 2.24) is 0 Å². The van der Waals surface area contributed by atoms with Crippen molar-refractivity contribution in [3.8, 4) is 0 Å². The van der Waals surface area contributed by atoms with Gasteiger partial charge in [-0.15, -0.1) is 0 Å². The zero-order valence-electron chi connectivity index (χ0n) is 12.3. The highest BCUT2D eigenvalue weighted by Crippen LogP contribution is 2.32. The molecule has 0 spiro atoms. The zero-order chi connectivity index (χ0) is 15.2. The lowest BCUT2D eigenvalue weighted by Crippen LogP contribution is -2.22. The second-order valence-corrected chi connectivity index (χ2v) is 6.06. The second kappa shape index (κ2) is 6.82. The summed E-state index contributed by atoms with van der Waals surface area (Å²) in [7, 11) is 0. The molecule has 0 aliphatic rings. The van der Waals surface area contributed by atoms with E-state index >= 15 is 0 Å². The fraction of sp³-hybridized carbons (Fsp3) is 0.562. The topological polar surface area (TPSA) is 26.3 Å². The lowest BCUT2D eigenvalue weighted by atomic mass is 9.83. The first-order chi connectivity index (χ1) is 9.18. The fourth-order valence-electron chi connectivity index (χ4n) is 1.83. The number of alkyl halides is 2. The van der Waals surface area contributed by atoms with Gasteiger partial charge in [-0.2, -0.15) is 0 Å². The van der Waals surface area contributed by atoms with Gasteiger partial charge in [0.2, 0.25) is 5.92 Å². The average Bonchev–Trinajstić information content (AvgIpc) is 2.34. The minimum atomic E-state index is -2.69. The third kappa shape index (κ3) is 7.22. The predicted octanol–water partition coefficient (Wildman–Crippen LogP) is 4.58. The van der Waals surface area contributed by atoms with E-state index in [1.807, 2.05) is 44.2 Å². The van der Waals surface area contributed by atoms with Crippen molar-refractivity contribution in [2.75, 3.05) is 0 Å². The summed E-state index contributed by atoms with van der Waals surface area (Å²) < 4.78 is 30.9. The van der Waals surface area contributed by atoms with Crippen molar-refractivity contribution in [3.63, 3.8) is 0 Å². The van der Waals surface area contributed by atoms with E-state index in [1.165, 1.54) is 0 Å². The molecule has 1 aromatic rings. The molecule has 0 unspecified atom stereocenters. The Morgan fingerprint density at radius 2 is 1.70 bits per heavy atom. The summed E-state index contributed by atoms with van der Waals surface area (Å²) in [5.41, 5.74) is 0.437. The molecule has 112 valence electrons. The number of carbonyl (C=O) groups is 1. The summed E-state index contributed by atoms with van der Waals surface area (Å²) >= 11 is 0. The van der Waals surface area contributed by atoms with Gasteiger partial charge in [0.05, 0.1) is 6.42 Å². The average molecular weight is 284 g/mol. The first kappa shape index (κ1) is 16.6. The van der Waals surface area contributed by atoms with Crippen LogP contribution in [0.4, 0.5) is 8.78 Å². The molecule has 0 bridgehead atoms. The molecule has 0 heterocycles. The third-order valence-corrected chi connectivity index (χ3v) is 3.11. The quantitative estimate of drug-likeness (QED) is 0.685. The van der Waals surface area contributed by atoms with Crippen LogP contribution in [0.5, 0.6) is 0 Å². The van der Waals surface area contributed by atoms with Gasteiger partial charge < -0.3 is 4.74 Å². The van der Waals surface area contributed by atoms with Gasteiger partial charge in [-0.1, -0.05) is 44.2 Å².